The molecule has 0 amide bonds. The Morgan fingerprint density at radius 1 is 1.28 bits per heavy atom. The summed E-state index contributed by atoms with van der Waals surface area (Å²) in [5.74, 6) is 4.09. The van der Waals surface area contributed by atoms with Gasteiger partial charge in [0.2, 0.25) is 0 Å². The van der Waals surface area contributed by atoms with Gasteiger partial charge in [-0.25, -0.2) is 0 Å². The van der Waals surface area contributed by atoms with E-state index in [1.165, 1.54) is 43.6 Å². The van der Waals surface area contributed by atoms with E-state index in [9.17, 15) is 0 Å². The minimum Gasteiger partial charge on any atom is -0.327 e. The molecule has 1 aromatic rings. The molecule has 0 radical (unpaired) electrons. The summed E-state index contributed by atoms with van der Waals surface area (Å²) in [6, 6.07) is 9.41. The molecule has 1 nitrogen and oxygen atoms in total. The first-order chi connectivity index (χ1) is 8.84. The van der Waals surface area contributed by atoms with Gasteiger partial charge in [-0.2, -0.15) is 11.8 Å². The van der Waals surface area contributed by atoms with Crippen LogP contribution < -0.4 is 5.73 Å². The molecule has 3 atom stereocenters. The van der Waals surface area contributed by atoms with Crippen LogP contribution in [0.1, 0.15) is 42.7 Å². The molecule has 98 valence electrons. The van der Waals surface area contributed by atoms with E-state index >= 15 is 0 Å². The third kappa shape index (κ3) is 2.60. The van der Waals surface area contributed by atoms with Crippen molar-refractivity contribution >= 4 is 11.8 Å². The SMILES string of the molecule is NC(CC1CCCc2ccccc21)C1CCSC1. The van der Waals surface area contributed by atoms with Gasteiger partial charge in [0.15, 0.2) is 0 Å². The van der Waals surface area contributed by atoms with Gasteiger partial charge in [0.1, 0.15) is 0 Å². The number of hydrogen-bond donors (Lipinski definition) is 1. The van der Waals surface area contributed by atoms with E-state index in [0.717, 1.165) is 11.8 Å². The van der Waals surface area contributed by atoms with Gasteiger partial charge in [0.05, 0.1) is 0 Å². The third-order valence-electron chi connectivity index (χ3n) is 4.62. The lowest BCUT2D eigenvalue weighted by molar-refractivity contribution is 0.386. The van der Waals surface area contributed by atoms with E-state index in [4.69, 9.17) is 5.73 Å². The fraction of sp³-hybridized carbons (Fsp3) is 0.625. The molecule has 2 N–H and O–H groups in total. The summed E-state index contributed by atoms with van der Waals surface area (Å²) in [5, 5.41) is 0. The molecule has 2 aliphatic rings. The second-order valence-corrected chi connectivity index (χ2v) is 6.96. The van der Waals surface area contributed by atoms with E-state index < -0.39 is 0 Å². The van der Waals surface area contributed by atoms with Crippen molar-refractivity contribution < 1.29 is 0 Å². The van der Waals surface area contributed by atoms with Gasteiger partial charge in [-0.05, 0) is 66.6 Å². The van der Waals surface area contributed by atoms with Crippen molar-refractivity contribution in [2.75, 3.05) is 11.5 Å². The van der Waals surface area contributed by atoms with Crippen LogP contribution in [-0.4, -0.2) is 17.5 Å². The Bertz CT molecular complexity index is 398. The number of rotatable bonds is 3. The average molecular weight is 261 g/mol. The fourth-order valence-electron chi connectivity index (χ4n) is 3.51. The highest BCUT2D eigenvalue weighted by atomic mass is 32.2. The highest BCUT2D eigenvalue weighted by molar-refractivity contribution is 7.99. The number of thioether (sulfide) groups is 1. The van der Waals surface area contributed by atoms with Gasteiger partial charge >= 0.3 is 0 Å². The first-order valence-corrected chi connectivity index (χ1v) is 8.41. The van der Waals surface area contributed by atoms with E-state index in [-0.39, 0.29) is 0 Å². The van der Waals surface area contributed by atoms with Crippen LogP contribution in [0.4, 0.5) is 0 Å². The van der Waals surface area contributed by atoms with E-state index in [2.05, 4.69) is 36.0 Å². The second kappa shape index (κ2) is 5.66. The summed E-state index contributed by atoms with van der Waals surface area (Å²) in [4.78, 5) is 0. The van der Waals surface area contributed by atoms with Gasteiger partial charge in [-0.3, -0.25) is 0 Å². The molecule has 3 rings (SSSR count). The highest BCUT2D eigenvalue weighted by Crippen LogP contribution is 2.37. The molecule has 1 aromatic carbocycles. The molecule has 1 aliphatic heterocycles. The smallest absolute Gasteiger partial charge is 0.00811 e. The lowest BCUT2D eigenvalue weighted by Crippen LogP contribution is -2.32. The zero-order chi connectivity index (χ0) is 12.4. The van der Waals surface area contributed by atoms with E-state index in [1.807, 2.05) is 0 Å². The van der Waals surface area contributed by atoms with Crippen LogP contribution in [0.15, 0.2) is 24.3 Å². The molecule has 0 bridgehead atoms. The summed E-state index contributed by atoms with van der Waals surface area (Å²) < 4.78 is 0. The van der Waals surface area contributed by atoms with Crippen LogP contribution in [0.3, 0.4) is 0 Å². The third-order valence-corrected chi connectivity index (χ3v) is 5.81. The molecule has 1 fully saturated rings. The summed E-state index contributed by atoms with van der Waals surface area (Å²) in [5.41, 5.74) is 9.61. The van der Waals surface area contributed by atoms with Crippen LogP contribution in [0.2, 0.25) is 0 Å². The lowest BCUT2D eigenvalue weighted by atomic mass is 9.78. The maximum absolute atomic E-state index is 6.45. The molecule has 1 aliphatic carbocycles. The zero-order valence-corrected chi connectivity index (χ0v) is 11.8. The molecular formula is C16H23NS. The second-order valence-electron chi connectivity index (χ2n) is 5.81. The van der Waals surface area contributed by atoms with Gasteiger partial charge in [-0.1, -0.05) is 24.3 Å². The molecule has 3 unspecified atom stereocenters. The molecule has 18 heavy (non-hydrogen) atoms. The van der Waals surface area contributed by atoms with Gasteiger partial charge in [0, 0.05) is 6.04 Å². The lowest BCUT2D eigenvalue weighted by Gasteiger charge is -2.29. The minimum absolute atomic E-state index is 0.413. The van der Waals surface area contributed by atoms with Crippen LogP contribution in [0.25, 0.3) is 0 Å². The van der Waals surface area contributed by atoms with Gasteiger partial charge in [-0.15, -0.1) is 0 Å². The predicted molar refractivity (Wildman–Crippen MR) is 80.1 cm³/mol. The van der Waals surface area contributed by atoms with Crippen LogP contribution in [0, 0.1) is 5.92 Å². The van der Waals surface area contributed by atoms with Crippen LogP contribution in [-0.2, 0) is 6.42 Å². The Balaban J connectivity index is 1.70. The van der Waals surface area contributed by atoms with Crippen molar-refractivity contribution in [2.24, 2.45) is 11.7 Å². The quantitative estimate of drug-likeness (QED) is 0.900. The Morgan fingerprint density at radius 2 is 2.17 bits per heavy atom. The summed E-state index contributed by atoms with van der Waals surface area (Å²) in [6.07, 6.45) is 6.47. The largest absolute Gasteiger partial charge is 0.327 e. The summed E-state index contributed by atoms with van der Waals surface area (Å²) in [7, 11) is 0. The van der Waals surface area contributed by atoms with E-state index in [1.54, 1.807) is 11.1 Å². The maximum Gasteiger partial charge on any atom is 0.00811 e. The molecule has 0 spiro atoms. The number of nitrogens with two attached hydrogens (primary N) is 1. The molecule has 0 aromatic heterocycles. The van der Waals surface area contributed by atoms with Crippen molar-refractivity contribution in [3.63, 3.8) is 0 Å². The van der Waals surface area contributed by atoms with Crippen molar-refractivity contribution in [1.29, 1.82) is 0 Å². The zero-order valence-electron chi connectivity index (χ0n) is 11.0. The molecule has 0 saturated carbocycles. The normalized spacial score (nSPS) is 28.9. The average Bonchev–Trinajstić information content (AvgIpc) is 2.93. The Kier molecular flexibility index (Phi) is 3.95. The Labute approximate surface area is 115 Å². The first-order valence-electron chi connectivity index (χ1n) is 7.25. The molecule has 2 heteroatoms. The number of fused-ring (bicyclic) bond motifs is 1. The molecular weight excluding hydrogens is 238 g/mol. The van der Waals surface area contributed by atoms with Crippen molar-refractivity contribution in [3.05, 3.63) is 35.4 Å². The predicted octanol–water partition coefficient (Wildman–Crippen LogP) is 3.58. The van der Waals surface area contributed by atoms with Crippen LogP contribution in [0.5, 0.6) is 0 Å². The summed E-state index contributed by atoms with van der Waals surface area (Å²) >= 11 is 2.08. The molecule has 1 heterocycles. The van der Waals surface area contributed by atoms with Crippen molar-refractivity contribution in [1.82, 2.24) is 0 Å². The standard InChI is InChI=1S/C16H23NS/c17-16(14-8-9-18-11-14)10-13-6-3-5-12-4-1-2-7-15(12)13/h1-2,4,7,13-14,16H,3,5-6,8-11,17H2. The van der Waals surface area contributed by atoms with Gasteiger partial charge in [0.25, 0.3) is 0 Å². The molecule has 1 saturated heterocycles. The topological polar surface area (TPSA) is 26.0 Å². The van der Waals surface area contributed by atoms with Gasteiger partial charge < -0.3 is 5.73 Å². The summed E-state index contributed by atoms with van der Waals surface area (Å²) in [6.45, 7) is 0. The Hall–Kier alpha value is -0.470. The highest BCUT2D eigenvalue weighted by Gasteiger charge is 2.27. The first kappa shape index (κ1) is 12.6. The fourth-order valence-corrected chi connectivity index (χ4v) is 4.86. The van der Waals surface area contributed by atoms with E-state index in [0.29, 0.717) is 6.04 Å². The van der Waals surface area contributed by atoms with Crippen molar-refractivity contribution in [2.45, 2.75) is 44.1 Å². The number of benzene rings is 1. The Morgan fingerprint density at radius 3 is 3.00 bits per heavy atom. The monoisotopic (exact) mass is 261 g/mol. The van der Waals surface area contributed by atoms with Crippen molar-refractivity contribution in [3.8, 4) is 0 Å². The minimum atomic E-state index is 0.413. The van der Waals surface area contributed by atoms with Crippen LogP contribution >= 0.6 is 11.8 Å². The maximum atomic E-state index is 6.45. The number of hydrogen-bond acceptors (Lipinski definition) is 2. The number of aryl methyl sites for hydroxylation is 1.